The minimum Gasteiger partial charge on any atom is -0.336 e. The molecule has 1 heterocycles. The summed E-state index contributed by atoms with van der Waals surface area (Å²) in [5, 5.41) is 9.34. The summed E-state index contributed by atoms with van der Waals surface area (Å²) >= 11 is 0. The van der Waals surface area contributed by atoms with E-state index >= 15 is 0 Å². The fraction of sp³-hybridized carbons (Fsp3) is 0.350. The smallest absolute Gasteiger partial charge is 0.319 e. The van der Waals surface area contributed by atoms with Gasteiger partial charge in [0.25, 0.3) is 0 Å². The topological polar surface area (TPSA) is 53.2 Å². The zero-order chi connectivity index (χ0) is 16.6. The maximum absolute atomic E-state index is 12.0. The second kappa shape index (κ2) is 8.50. The molecule has 0 bridgehead atoms. The van der Waals surface area contributed by atoms with Crippen LogP contribution in [0.5, 0.6) is 0 Å². The van der Waals surface area contributed by atoms with Crippen LogP contribution in [0, 0.1) is 5.92 Å². The average Bonchev–Trinajstić information content (AvgIpc) is 2.62. The fourth-order valence-electron chi connectivity index (χ4n) is 3.30. The summed E-state index contributed by atoms with van der Waals surface area (Å²) in [7, 11) is 0. The van der Waals surface area contributed by atoms with Gasteiger partial charge in [-0.2, -0.15) is 0 Å². The molecule has 1 fully saturated rings. The molecule has 24 heavy (non-hydrogen) atoms. The highest BCUT2D eigenvalue weighted by molar-refractivity contribution is 5.89. The molecule has 4 nitrogen and oxygen atoms in total. The molecule has 0 unspecified atom stereocenters. The van der Waals surface area contributed by atoms with E-state index in [1.165, 1.54) is 12.0 Å². The van der Waals surface area contributed by atoms with Crippen LogP contribution in [0.2, 0.25) is 0 Å². The molecule has 3 N–H and O–H groups in total. The van der Waals surface area contributed by atoms with E-state index in [9.17, 15) is 4.79 Å². The zero-order valence-corrected chi connectivity index (χ0v) is 13.9. The molecule has 0 saturated carbocycles. The van der Waals surface area contributed by atoms with Crippen molar-refractivity contribution in [1.82, 2.24) is 10.6 Å². The standard InChI is InChI=1S/C20H25N3O/c24-20(23-18-9-5-2-6-10-18)22-15-19-14-17(11-12-21-19)13-16-7-3-1-4-8-16/h1-10,17,19,21H,11-15H2,(H2,22,23,24)/t17-,19-/m0/s1. The third-order valence-electron chi connectivity index (χ3n) is 4.51. The highest BCUT2D eigenvalue weighted by Gasteiger charge is 2.22. The summed E-state index contributed by atoms with van der Waals surface area (Å²) < 4.78 is 0. The molecule has 2 aromatic carbocycles. The summed E-state index contributed by atoms with van der Waals surface area (Å²) in [6.45, 7) is 1.67. The molecule has 2 atom stereocenters. The van der Waals surface area contributed by atoms with E-state index in [1.54, 1.807) is 0 Å². The molecule has 1 saturated heterocycles. The summed E-state index contributed by atoms with van der Waals surface area (Å²) in [6, 6.07) is 20.4. The predicted molar refractivity (Wildman–Crippen MR) is 98.1 cm³/mol. The van der Waals surface area contributed by atoms with Crippen LogP contribution in [-0.4, -0.2) is 25.2 Å². The van der Waals surface area contributed by atoms with Crippen molar-refractivity contribution in [2.75, 3.05) is 18.4 Å². The monoisotopic (exact) mass is 323 g/mol. The van der Waals surface area contributed by atoms with Gasteiger partial charge in [0.2, 0.25) is 0 Å². The lowest BCUT2D eigenvalue weighted by atomic mass is 9.87. The van der Waals surface area contributed by atoms with Gasteiger partial charge in [0.1, 0.15) is 0 Å². The SMILES string of the molecule is O=C(NC[C@@H]1C[C@H](Cc2ccccc2)CCN1)Nc1ccccc1. The second-order valence-electron chi connectivity index (χ2n) is 6.43. The molecule has 126 valence electrons. The molecule has 0 radical (unpaired) electrons. The summed E-state index contributed by atoms with van der Waals surface area (Å²) in [5.74, 6) is 0.678. The Morgan fingerprint density at radius 3 is 2.50 bits per heavy atom. The lowest BCUT2D eigenvalue weighted by Crippen LogP contribution is -2.47. The lowest BCUT2D eigenvalue weighted by Gasteiger charge is -2.30. The van der Waals surface area contributed by atoms with Crippen LogP contribution in [0.3, 0.4) is 0 Å². The molecule has 2 aromatic rings. The Hall–Kier alpha value is -2.33. The number of carbonyl (C=O) groups is 1. The summed E-state index contributed by atoms with van der Waals surface area (Å²) in [4.78, 5) is 12.0. The number of urea groups is 1. The summed E-state index contributed by atoms with van der Waals surface area (Å²) in [5.41, 5.74) is 2.21. The Morgan fingerprint density at radius 2 is 1.75 bits per heavy atom. The predicted octanol–water partition coefficient (Wildman–Crippen LogP) is 3.42. The number of rotatable bonds is 5. The van der Waals surface area contributed by atoms with Gasteiger partial charge in [-0.05, 0) is 49.4 Å². The fourth-order valence-corrected chi connectivity index (χ4v) is 3.30. The number of para-hydroxylation sites is 1. The van der Waals surface area contributed by atoms with Gasteiger partial charge < -0.3 is 16.0 Å². The third kappa shape index (κ3) is 5.10. The molecular weight excluding hydrogens is 298 g/mol. The second-order valence-corrected chi connectivity index (χ2v) is 6.43. The van der Waals surface area contributed by atoms with Gasteiger partial charge in [-0.25, -0.2) is 4.79 Å². The molecule has 1 aliphatic heterocycles. The molecule has 0 aliphatic carbocycles. The number of carbonyl (C=O) groups excluding carboxylic acids is 1. The highest BCUT2D eigenvalue weighted by atomic mass is 16.2. The van der Waals surface area contributed by atoms with E-state index in [4.69, 9.17) is 0 Å². The van der Waals surface area contributed by atoms with Crippen molar-refractivity contribution < 1.29 is 4.79 Å². The Kier molecular flexibility index (Phi) is 5.85. The van der Waals surface area contributed by atoms with Crippen LogP contribution < -0.4 is 16.0 Å². The van der Waals surface area contributed by atoms with E-state index in [1.807, 2.05) is 30.3 Å². The Bertz CT molecular complexity index is 630. The quantitative estimate of drug-likeness (QED) is 0.790. The average molecular weight is 323 g/mol. The first-order valence-electron chi connectivity index (χ1n) is 8.67. The van der Waals surface area contributed by atoms with Crippen LogP contribution in [0.15, 0.2) is 60.7 Å². The van der Waals surface area contributed by atoms with Gasteiger partial charge in [-0.1, -0.05) is 48.5 Å². The van der Waals surface area contributed by atoms with Crippen molar-refractivity contribution in [3.05, 3.63) is 66.2 Å². The zero-order valence-electron chi connectivity index (χ0n) is 13.9. The molecule has 2 amide bonds. The Labute approximate surface area is 143 Å². The molecule has 1 aliphatic rings. The van der Waals surface area contributed by atoms with Gasteiger partial charge in [-0.3, -0.25) is 0 Å². The van der Waals surface area contributed by atoms with Gasteiger partial charge >= 0.3 is 6.03 Å². The number of anilines is 1. The maximum atomic E-state index is 12.0. The van der Waals surface area contributed by atoms with Crippen molar-refractivity contribution in [2.45, 2.75) is 25.3 Å². The van der Waals surface area contributed by atoms with Crippen molar-refractivity contribution >= 4 is 11.7 Å². The first-order chi connectivity index (χ1) is 11.8. The van der Waals surface area contributed by atoms with Crippen molar-refractivity contribution in [1.29, 1.82) is 0 Å². The molecule has 0 aromatic heterocycles. The van der Waals surface area contributed by atoms with Crippen LogP contribution in [0.4, 0.5) is 10.5 Å². The first-order valence-corrected chi connectivity index (χ1v) is 8.67. The van der Waals surface area contributed by atoms with E-state index < -0.39 is 0 Å². The van der Waals surface area contributed by atoms with Gasteiger partial charge in [-0.15, -0.1) is 0 Å². The number of hydrogen-bond donors (Lipinski definition) is 3. The Morgan fingerprint density at radius 1 is 1.04 bits per heavy atom. The largest absolute Gasteiger partial charge is 0.336 e. The molecule has 4 heteroatoms. The van der Waals surface area contributed by atoms with Crippen LogP contribution >= 0.6 is 0 Å². The lowest BCUT2D eigenvalue weighted by molar-refractivity contribution is 0.246. The molecular formula is C20H25N3O. The summed E-state index contributed by atoms with van der Waals surface area (Å²) in [6.07, 6.45) is 3.41. The minimum atomic E-state index is -0.145. The number of hydrogen-bond acceptors (Lipinski definition) is 2. The first kappa shape index (κ1) is 16.5. The van der Waals surface area contributed by atoms with Crippen LogP contribution in [-0.2, 0) is 6.42 Å². The maximum Gasteiger partial charge on any atom is 0.319 e. The highest BCUT2D eigenvalue weighted by Crippen LogP contribution is 2.20. The van der Waals surface area contributed by atoms with Crippen LogP contribution in [0.25, 0.3) is 0 Å². The van der Waals surface area contributed by atoms with E-state index in [-0.39, 0.29) is 6.03 Å². The third-order valence-corrected chi connectivity index (χ3v) is 4.51. The normalized spacial score (nSPS) is 20.3. The molecule has 0 spiro atoms. The molecule has 3 rings (SSSR count). The van der Waals surface area contributed by atoms with Crippen LogP contribution in [0.1, 0.15) is 18.4 Å². The van der Waals surface area contributed by atoms with Gasteiger partial charge in [0.15, 0.2) is 0 Å². The van der Waals surface area contributed by atoms with E-state index in [0.29, 0.717) is 18.5 Å². The number of amides is 2. The van der Waals surface area contributed by atoms with Crippen molar-refractivity contribution in [3.63, 3.8) is 0 Å². The number of benzene rings is 2. The van der Waals surface area contributed by atoms with Crippen molar-refractivity contribution in [3.8, 4) is 0 Å². The number of nitrogens with one attached hydrogen (secondary N) is 3. The Balaban J connectivity index is 1.43. The number of piperidine rings is 1. The van der Waals surface area contributed by atoms with E-state index in [0.717, 1.165) is 25.1 Å². The van der Waals surface area contributed by atoms with E-state index in [2.05, 4.69) is 46.3 Å². The minimum absolute atomic E-state index is 0.145. The van der Waals surface area contributed by atoms with Crippen molar-refractivity contribution in [2.24, 2.45) is 5.92 Å². The van der Waals surface area contributed by atoms with Gasteiger partial charge in [0.05, 0.1) is 0 Å². The van der Waals surface area contributed by atoms with Gasteiger partial charge in [0, 0.05) is 18.3 Å².